The number of hydrogen-bond acceptors (Lipinski definition) is 4. The molecule has 0 unspecified atom stereocenters. The molecule has 3 rings (SSSR count). The summed E-state index contributed by atoms with van der Waals surface area (Å²) in [5, 5.41) is 2.59. The topological polar surface area (TPSA) is 58.6 Å². The summed E-state index contributed by atoms with van der Waals surface area (Å²) in [5.74, 6) is -1.21. The minimum absolute atomic E-state index is 0.0182. The minimum Gasteiger partial charge on any atom is -0.463 e. The van der Waals surface area contributed by atoms with Gasteiger partial charge >= 0.3 is 5.97 Å². The fourth-order valence-corrected chi connectivity index (χ4v) is 3.36. The molecular weight excluding hydrogens is 323 g/mol. The van der Waals surface area contributed by atoms with Gasteiger partial charge in [-0.3, -0.25) is 14.5 Å². The number of anilines is 1. The number of carbonyl (C=O) groups is 2. The molecule has 5 nitrogen and oxygen atoms in total. The van der Waals surface area contributed by atoms with Crippen LogP contribution in [0.2, 0.25) is 5.02 Å². The lowest BCUT2D eigenvalue weighted by atomic mass is 9.97. The Labute approximate surface area is 138 Å². The maximum absolute atomic E-state index is 13.1. The molecule has 1 N–H and O–H groups in total. The van der Waals surface area contributed by atoms with Crippen LogP contribution >= 0.6 is 11.6 Å². The van der Waals surface area contributed by atoms with E-state index in [1.165, 1.54) is 18.2 Å². The van der Waals surface area contributed by atoms with Crippen LogP contribution in [0.25, 0.3) is 0 Å². The zero-order valence-electron chi connectivity index (χ0n) is 12.6. The van der Waals surface area contributed by atoms with E-state index in [9.17, 15) is 14.0 Å². The highest BCUT2D eigenvalue weighted by Crippen LogP contribution is 2.26. The first-order chi connectivity index (χ1) is 11.0. The minimum atomic E-state index is -0.551. The van der Waals surface area contributed by atoms with Crippen LogP contribution in [0.3, 0.4) is 0 Å². The van der Waals surface area contributed by atoms with Crippen molar-refractivity contribution in [3.63, 3.8) is 0 Å². The molecule has 2 saturated heterocycles. The molecule has 0 radical (unpaired) electrons. The van der Waals surface area contributed by atoms with Crippen molar-refractivity contribution in [2.45, 2.75) is 37.8 Å². The molecule has 0 spiro atoms. The second-order valence-corrected chi connectivity index (χ2v) is 6.32. The van der Waals surface area contributed by atoms with Gasteiger partial charge in [0.25, 0.3) is 0 Å². The van der Waals surface area contributed by atoms with Crippen molar-refractivity contribution in [1.82, 2.24) is 4.90 Å². The summed E-state index contributed by atoms with van der Waals surface area (Å²) in [6, 6.07) is 3.62. The predicted octanol–water partition coefficient (Wildman–Crippen LogP) is 2.59. The van der Waals surface area contributed by atoms with Gasteiger partial charge in [0.05, 0.1) is 11.4 Å². The number of piperidine rings is 1. The molecule has 0 saturated carbocycles. The molecule has 1 aromatic carbocycles. The van der Waals surface area contributed by atoms with Crippen molar-refractivity contribution in [3.8, 4) is 0 Å². The number of carbonyl (C=O) groups excluding carboxylic acids is 2. The third-order valence-electron chi connectivity index (χ3n) is 4.35. The van der Waals surface area contributed by atoms with Crippen molar-refractivity contribution in [1.29, 1.82) is 0 Å². The highest BCUT2D eigenvalue weighted by Gasteiger charge is 2.40. The van der Waals surface area contributed by atoms with Gasteiger partial charge in [-0.15, -0.1) is 0 Å². The van der Waals surface area contributed by atoms with Crippen molar-refractivity contribution < 1.29 is 18.7 Å². The van der Waals surface area contributed by atoms with Gasteiger partial charge in [-0.2, -0.15) is 0 Å². The number of halogens is 2. The van der Waals surface area contributed by atoms with Crippen molar-refractivity contribution >= 4 is 29.2 Å². The molecule has 0 aliphatic carbocycles. The molecule has 2 aliphatic rings. The van der Waals surface area contributed by atoms with Gasteiger partial charge in [0.2, 0.25) is 5.91 Å². The number of rotatable bonds is 3. The van der Waals surface area contributed by atoms with Crippen LogP contribution in [0.15, 0.2) is 18.2 Å². The van der Waals surface area contributed by atoms with Gasteiger partial charge in [0.1, 0.15) is 18.5 Å². The first kappa shape index (κ1) is 16.2. The van der Waals surface area contributed by atoms with Gasteiger partial charge < -0.3 is 10.1 Å². The Hall–Kier alpha value is -1.66. The van der Waals surface area contributed by atoms with Crippen LogP contribution < -0.4 is 5.32 Å². The number of morpholine rings is 1. The summed E-state index contributed by atoms with van der Waals surface area (Å²) in [5.41, 5.74) is 0.403. The Morgan fingerprint density at radius 2 is 2.26 bits per heavy atom. The summed E-state index contributed by atoms with van der Waals surface area (Å²) in [7, 11) is 0. The summed E-state index contributed by atoms with van der Waals surface area (Å²) < 4.78 is 18.3. The van der Waals surface area contributed by atoms with E-state index in [0.29, 0.717) is 12.3 Å². The molecule has 23 heavy (non-hydrogen) atoms. The van der Waals surface area contributed by atoms with Gasteiger partial charge in [0, 0.05) is 11.7 Å². The lowest BCUT2D eigenvalue weighted by Gasteiger charge is -2.43. The molecule has 2 heterocycles. The maximum atomic E-state index is 13.1. The molecule has 2 fully saturated rings. The summed E-state index contributed by atoms with van der Waals surface area (Å²) in [4.78, 5) is 26.3. The lowest BCUT2D eigenvalue weighted by molar-refractivity contribution is -0.165. The fourth-order valence-electron chi connectivity index (χ4n) is 3.18. The Kier molecular flexibility index (Phi) is 4.82. The average Bonchev–Trinajstić information content (AvgIpc) is 2.54. The highest BCUT2D eigenvalue weighted by molar-refractivity contribution is 6.31. The van der Waals surface area contributed by atoms with Crippen LogP contribution in [0.5, 0.6) is 0 Å². The number of amides is 1. The van der Waals surface area contributed by atoms with E-state index in [2.05, 4.69) is 10.2 Å². The molecule has 0 bridgehead atoms. The number of nitrogens with one attached hydrogen (secondary N) is 1. The molecule has 7 heteroatoms. The van der Waals surface area contributed by atoms with Crippen LogP contribution in [-0.4, -0.2) is 42.0 Å². The Balaban J connectivity index is 1.65. The van der Waals surface area contributed by atoms with E-state index in [0.717, 1.165) is 25.8 Å². The van der Waals surface area contributed by atoms with Crippen LogP contribution in [0.1, 0.15) is 25.7 Å². The number of esters is 1. The largest absolute Gasteiger partial charge is 0.463 e. The van der Waals surface area contributed by atoms with E-state index < -0.39 is 11.9 Å². The normalized spacial score (nSPS) is 24.7. The molecule has 124 valence electrons. The standard InChI is InChI=1S/C16H18ClFN2O3/c17-12-7-10(4-5-13(12)18)19-15(21)8-14-16(22)23-9-11-3-1-2-6-20(11)14/h4-5,7,11,14H,1-3,6,8-9H2,(H,19,21)/t11-,14-/m1/s1. The van der Waals surface area contributed by atoms with Gasteiger partial charge in [0.15, 0.2) is 0 Å². The Morgan fingerprint density at radius 1 is 1.43 bits per heavy atom. The molecule has 2 atom stereocenters. The third kappa shape index (κ3) is 3.64. The molecule has 0 aromatic heterocycles. The fraction of sp³-hybridized carbons (Fsp3) is 0.500. The number of ether oxygens (including phenoxy) is 1. The highest BCUT2D eigenvalue weighted by atomic mass is 35.5. The van der Waals surface area contributed by atoms with Crippen molar-refractivity contribution in [2.24, 2.45) is 0 Å². The van der Waals surface area contributed by atoms with Crippen LogP contribution in [0, 0.1) is 5.82 Å². The van der Waals surface area contributed by atoms with E-state index in [-0.39, 0.29) is 29.4 Å². The number of nitrogens with zero attached hydrogens (tertiary/aromatic N) is 1. The second kappa shape index (κ2) is 6.84. The first-order valence-corrected chi connectivity index (χ1v) is 8.09. The van der Waals surface area contributed by atoms with E-state index >= 15 is 0 Å². The van der Waals surface area contributed by atoms with Crippen molar-refractivity contribution in [3.05, 3.63) is 29.0 Å². The Bertz CT molecular complexity index is 625. The van der Waals surface area contributed by atoms with E-state index in [4.69, 9.17) is 16.3 Å². The van der Waals surface area contributed by atoms with Gasteiger partial charge in [-0.25, -0.2) is 4.39 Å². The van der Waals surface area contributed by atoms with E-state index in [1.54, 1.807) is 0 Å². The number of fused-ring (bicyclic) bond motifs is 1. The summed E-state index contributed by atoms with van der Waals surface area (Å²) >= 11 is 5.69. The first-order valence-electron chi connectivity index (χ1n) is 7.72. The second-order valence-electron chi connectivity index (χ2n) is 5.91. The van der Waals surface area contributed by atoms with Gasteiger partial charge in [-0.1, -0.05) is 18.0 Å². The third-order valence-corrected chi connectivity index (χ3v) is 4.63. The molecule has 2 aliphatic heterocycles. The summed E-state index contributed by atoms with van der Waals surface area (Å²) in [6.45, 7) is 1.21. The molecule has 1 aromatic rings. The monoisotopic (exact) mass is 340 g/mol. The number of cyclic esters (lactones) is 1. The quantitative estimate of drug-likeness (QED) is 0.859. The van der Waals surface area contributed by atoms with E-state index in [1.807, 2.05) is 0 Å². The van der Waals surface area contributed by atoms with Crippen LogP contribution in [0.4, 0.5) is 10.1 Å². The smallest absolute Gasteiger partial charge is 0.323 e. The lowest BCUT2D eigenvalue weighted by Crippen LogP contribution is -2.57. The Morgan fingerprint density at radius 3 is 3.04 bits per heavy atom. The van der Waals surface area contributed by atoms with Crippen LogP contribution in [-0.2, 0) is 14.3 Å². The van der Waals surface area contributed by atoms with Gasteiger partial charge in [-0.05, 0) is 37.6 Å². The number of hydrogen-bond donors (Lipinski definition) is 1. The SMILES string of the molecule is O=C(C[C@@H]1C(=O)OC[C@H]2CCCCN21)Nc1ccc(F)c(Cl)c1. The summed E-state index contributed by atoms with van der Waals surface area (Å²) in [6.07, 6.45) is 3.14. The predicted molar refractivity (Wildman–Crippen MR) is 83.7 cm³/mol. The zero-order chi connectivity index (χ0) is 16.4. The average molecular weight is 341 g/mol. The molecular formula is C16H18ClFN2O3. The molecule has 1 amide bonds. The zero-order valence-corrected chi connectivity index (χ0v) is 13.3. The maximum Gasteiger partial charge on any atom is 0.323 e. The van der Waals surface area contributed by atoms with Crippen molar-refractivity contribution in [2.75, 3.05) is 18.5 Å². The number of benzene rings is 1.